The van der Waals surface area contributed by atoms with Gasteiger partial charge in [-0.2, -0.15) is 0 Å². The van der Waals surface area contributed by atoms with E-state index < -0.39 is 11.9 Å². The Hall–Kier alpha value is -3.61. The van der Waals surface area contributed by atoms with E-state index in [1.807, 2.05) is 25.1 Å². The standard InChI is InChI=1S/C22H21N3O4/c1-13-3-8-18-14(11-13)12-17(21(27)24-18)20(25-10-9-19(25)26)22(28)23-15-4-6-16(29-2)7-5-15/h3-8,11-12,20H,9-10H2,1-2H3,(H,23,28)(H,24,27). The molecule has 3 aromatic rings. The Kier molecular flexibility index (Phi) is 4.80. The highest BCUT2D eigenvalue weighted by Gasteiger charge is 2.38. The largest absolute Gasteiger partial charge is 0.497 e. The quantitative estimate of drug-likeness (QED) is 0.654. The van der Waals surface area contributed by atoms with Crippen molar-refractivity contribution >= 4 is 28.4 Å². The Morgan fingerprint density at radius 2 is 1.90 bits per heavy atom. The van der Waals surface area contributed by atoms with Gasteiger partial charge < -0.3 is 19.9 Å². The summed E-state index contributed by atoms with van der Waals surface area (Å²) in [6, 6.07) is 13.2. The highest BCUT2D eigenvalue weighted by atomic mass is 16.5. The number of carbonyl (C=O) groups excluding carboxylic acids is 2. The van der Waals surface area contributed by atoms with Crippen LogP contribution in [0, 0.1) is 6.92 Å². The van der Waals surface area contributed by atoms with E-state index in [0.29, 0.717) is 29.9 Å². The van der Waals surface area contributed by atoms with Crippen molar-refractivity contribution in [3.05, 3.63) is 70.0 Å². The molecule has 2 heterocycles. The van der Waals surface area contributed by atoms with E-state index in [9.17, 15) is 14.4 Å². The first-order chi connectivity index (χ1) is 14.0. The Labute approximate surface area is 167 Å². The van der Waals surface area contributed by atoms with Gasteiger partial charge in [0.1, 0.15) is 11.8 Å². The molecule has 0 aliphatic carbocycles. The van der Waals surface area contributed by atoms with Crippen molar-refractivity contribution in [1.82, 2.24) is 9.88 Å². The molecule has 0 radical (unpaired) electrons. The van der Waals surface area contributed by atoms with E-state index >= 15 is 0 Å². The molecule has 0 spiro atoms. The lowest BCUT2D eigenvalue weighted by molar-refractivity contribution is -0.147. The zero-order valence-electron chi connectivity index (χ0n) is 16.2. The zero-order chi connectivity index (χ0) is 20.5. The maximum Gasteiger partial charge on any atom is 0.254 e. The van der Waals surface area contributed by atoms with Gasteiger partial charge in [0.05, 0.1) is 7.11 Å². The molecule has 1 aliphatic heterocycles. The molecule has 1 aromatic heterocycles. The number of hydrogen-bond donors (Lipinski definition) is 2. The van der Waals surface area contributed by atoms with E-state index in [4.69, 9.17) is 4.74 Å². The molecule has 1 aliphatic rings. The van der Waals surface area contributed by atoms with Crippen LogP contribution in [0.1, 0.15) is 23.6 Å². The summed E-state index contributed by atoms with van der Waals surface area (Å²) in [7, 11) is 1.56. The monoisotopic (exact) mass is 391 g/mol. The van der Waals surface area contributed by atoms with Gasteiger partial charge in [-0.05, 0) is 54.8 Å². The van der Waals surface area contributed by atoms with Crippen LogP contribution in [0.25, 0.3) is 10.9 Å². The number of amides is 2. The Morgan fingerprint density at radius 1 is 1.14 bits per heavy atom. The summed E-state index contributed by atoms with van der Waals surface area (Å²) in [5, 5.41) is 3.62. The zero-order valence-corrected chi connectivity index (χ0v) is 16.2. The summed E-state index contributed by atoms with van der Waals surface area (Å²) >= 11 is 0. The molecule has 29 heavy (non-hydrogen) atoms. The highest BCUT2D eigenvalue weighted by Crippen LogP contribution is 2.28. The first-order valence-electron chi connectivity index (χ1n) is 9.34. The number of β-lactam (4-membered cyclic amide) rings is 1. The van der Waals surface area contributed by atoms with Gasteiger partial charge in [-0.3, -0.25) is 14.4 Å². The van der Waals surface area contributed by atoms with Crippen molar-refractivity contribution in [2.24, 2.45) is 0 Å². The molecule has 1 atom stereocenters. The van der Waals surface area contributed by atoms with Crippen molar-refractivity contribution in [3.63, 3.8) is 0 Å². The maximum absolute atomic E-state index is 13.1. The molecule has 2 amide bonds. The molecule has 4 rings (SSSR count). The lowest BCUT2D eigenvalue weighted by Gasteiger charge is -2.37. The predicted octanol–water partition coefficient (Wildman–Crippen LogP) is 2.76. The fourth-order valence-corrected chi connectivity index (χ4v) is 3.49. The molecule has 7 heteroatoms. The van der Waals surface area contributed by atoms with Gasteiger partial charge in [0.2, 0.25) is 5.91 Å². The van der Waals surface area contributed by atoms with Crippen molar-refractivity contribution < 1.29 is 14.3 Å². The summed E-state index contributed by atoms with van der Waals surface area (Å²) in [6.45, 7) is 2.39. The minimum Gasteiger partial charge on any atom is -0.497 e. The molecule has 1 fully saturated rings. The van der Waals surface area contributed by atoms with E-state index in [1.54, 1.807) is 37.4 Å². The third-order valence-electron chi connectivity index (χ3n) is 5.13. The summed E-state index contributed by atoms with van der Waals surface area (Å²) < 4.78 is 5.12. The van der Waals surface area contributed by atoms with Crippen LogP contribution in [0.5, 0.6) is 5.75 Å². The lowest BCUT2D eigenvalue weighted by atomic mass is 9.99. The second-order valence-corrected chi connectivity index (χ2v) is 7.10. The average Bonchev–Trinajstić information content (AvgIpc) is 2.71. The number of nitrogens with one attached hydrogen (secondary N) is 2. The van der Waals surface area contributed by atoms with Gasteiger partial charge in [0.15, 0.2) is 0 Å². The number of nitrogens with zero attached hydrogens (tertiary/aromatic N) is 1. The highest BCUT2D eigenvalue weighted by molar-refractivity contribution is 5.99. The molecular formula is C22H21N3O4. The van der Waals surface area contributed by atoms with Crippen LogP contribution in [-0.4, -0.2) is 35.4 Å². The van der Waals surface area contributed by atoms with Crippen molar-refractivity contribution in [2.75, 3.05) is 19.0 Å². The third-order valence-corrected chi connectivity index (χ3v) is 5.13. The van der Waals surface area contributed by atoms with E-state index in [-0.39, 0.29) is 17.0 Å². The van der Waals surface area contributed by atoms with Gasteiger partial charge >= 0.3 is 0 Å². The number of rotatable bonds is 5. The van der Waals surface area contributed by atoms with E-state index in [0.717, 1.165) is 10.9 Å². The first kappa shape index (κ1) is 18.7. The van der Waals surface area contributed by atoms with Gasteiger partial charge in [0, 0.05) is 29.7 Å². The number of hydrogen-bond acceptors (Lipinski definition) is 4. The van der Waals surface area contributed by atoms with Crippen molar-refractivity contribution in [2.45, 2.75) is 19.4 Å². The van der Waals surface area contributed by atoms with Crippen LogP contribution in [0.15, 0.2) is 53.3 Å². The van der Waals surface area contributed by atoms with Crippen molar-refractivity contribution in [3.8, 4) is 5.75 Å². The van der Waals surface area contributed by atoms with Crippen LogP contribution in [0.4, 0.5) is 5.69 Å². The van der Waals surface area contributed by atoms with Crippen LogP contribution < -0.4 is 15.6 Å². The second kappa shape index (κ2) is 7.43. The number of methoxy groups -OCH3 is 1. The fraction of sp³-hybridized carbons (Fsp3) is 0.227. The Morgan fingerprint density at radius 3 is 2.52 bits per heavy atom. The molecule has 0 saturated carbocycles. The lowest BCUT2D eigenvalue weighted by Crippen LogP contribution is -2.50. The number of pyridine rings is 1. The number of anilines is 1. The van der Waals surface area contributed by atoms with Crippen LogP contribution >= 0.6 is 0 Å². The summed E-state index contributed by atoms with van der Waals surface area (Å²) in [5.41, 5.74) is 2.16. The van der Waals surface area contributed by atoms with Crippen molar-refractivity contribution in [1.29, 1.82) is 0 Å². The third kappa shape index (κ3) is 3.59. The SMILES string of the molecule is COc1ccc(NC(=O)C(c2cc3cc(C)ccc3[nH]c2=O)N2CCC2=O)cc1. The Bertz CT molecular complexity index is 1150. The molecule has 1 saturated heterocycles. The average molecular weight is 391 g/mol. The predicted molar refractivity (Wildman–Crippen MR) is 110 cm³/mol. The summed E-state index contributed by atoms with van der Waals surface area (Å²) in [5.74, 6) is 0.0863. The minimum atomic E-state index is -0.994. The molecular weight excluding hydrogens is 370 g/mol. The summed E-state index contributed by atoms with van der Waals surface area (Å²) in [6.07, 6.45) is 0.372. The molecule has 1 unspecified atom stereocenters. The number of aromatic nitrogens is 1. The molecule has 2 N–H and O–H groups in total. The topological polar surface area (TPSA) is 91.5 Å². The number of likely N-dealkylation sites (tertiary alicyclic amines) is 1. The second-order valence-electron chi connectivity index (χ2n) is 7.10. The molecule has 148 valence electrons. The normalized spacial score (nSPS) is 14.4. The van der Waals surface area contributed by atoms with Gasteiger partial charge in [-0.15, -0.1) is 0 Å². The number of ether oxygens (including phenoxy) is 1. The van der Waals surface area contributed by atoms with Crippen LogP contribution in [0.2, 0.25) is 0 Å². The number of fused-ring (bicyclic) bond motifs is 1. The smallest absolute Gasteiger partial charge is 0.254 e. The Balaban J connectivity index is 1.73. The van der Waals surface area contributed by atoms with Gasteiger partial charge in [0.25, 0.3) is 11.5 Å². The van der Waals surface area contributed by atoms with Crippen LogP contribution in [-0.2, 0) is 9.59 Å². The minimum absolute atomic E-state index is 0.149. The van der Waals surface area contributed by atoms with Gasteiger partial charge in [-0.25, -0.2) is 0 Å². The first-order valence-corrected chi connectivity index (χ1v) is 9.34. The molecule has 7 nitrogen and oxygen atoms in total. The number of H-pyrrole nitrogens is 1. The molecule has 2 aromatic carbocycles. The van der Waals surface area contributed by atoms with Crippen LogP contribution in [0.3, 0.4) is 0 Å². The van der Waals surface area contributed by atoms with Gasteiger partial charge in [-0.1, -0.05) is 11.6 Å². The number of aromatic amines is 1. The fourth-order valence-electron chi connectivity index (χ4n) is 3.49. The maximum atomic E-state index is 13.1. The molecule has 0 bridgehead atoms. The number of carbonyl (C=O) groups is 2. The summed E-state index contributed by atoms with van der Waals surface area (Å²) in [4.78, 5) is 42.3. The van der Waals surface area contributed by atoms with E-state index in [2.05, 4.69) is 10.3 Å². The number of aryl methyl sites for hydroxylation is 1. The van der Waals surface area contributed by atoms with E-state index in [1.165, 1.54) is 4.90 Å². The number of benzene rings is 2.